The Hall–Kier alpha value is -2.97. The van der Waals surface area contributed by atoms with Crippen molar-refractivity contribution in [3.05, 3.63) is 41.0 Å². The number of piperazine rings is 1. The van der Waals surface area contributed by atoms with Crippen LogP contribution in [0.15, 0.2) is 30.9 Å². The van der Waals surface area contributed by atoms with E-state index in [4.69, 9.17) is 0 Å². The molecule has 0 atom stereocenters. The van der Waals surface area contributed by atoms with Gasteiger partial charge in [-0.15, -0.1) is 10.2 Å². The van der Waals surface area contributed by atoms with Crippen molar-refractivity contribution in [1.82, 2.24) is 19.7 Å². The van der Waals surface area contributed by atoms with Gasteiger partial charge in [0.2, 0.25) is 5.91 Å². The lowest BCUT2D eigenvalue weighted by Crippen LogP contribution is -2.48. The van der Waals surface area contributed by atoms with Gasteiger partial charge in [0, 0.05) is 45.2 Å². The monoisotopic (exact) mass is 316 g/mol. The highest BCUT2D eigenvalue weighted by Gasteiger charge is 2.22. The number of carbonyl (C=O) groups excluding carboxylic acids is 1. The zero-order valence-electron chi connectivity index (χ0n) is 12.6. The standard InChI is InChI=1S/C14H16N6O3/c1-11(21)17-4-6-18(7-5-17)13-3-2-12(20(22)23)8-14(13)19-9-15-16-10-19/h2-3,8-10H,4-7H2,1H3. The Kier molecular flexibility index (Phi) is 3.92. The van der Waals surface area contributed by atoms with Gasteiger partial charge in [-0.3, -0.25) is 19.5 Å². The van der Waals surface area contributed by atoms with Crippen molar-refractivity contribution in [3.63, 3.8) is 0 Å². The lowest BCUT2D eigenvalue weighted by molar-refractivity contribution is -0.384. The van der Waals surface area contributed by atoms with Gasteiger partial charge in [0.1, 0.15) is 12.7 Å². The van der Waals surface area contributed by atoms with Crippen LogP contribution >= 0.6 is 0 Å². The second kappa shape index (κ2) is 6.03. The summed E-state index contributed by atoms with van der Waals surface area (Å²) in [6.07, 6.45) is 3.02. The lowest BCUT2D eigenvalue weighted by atomic mass is 10.2. The molecule has 9 nitrogen and oxygen atoms in total. The van der Waals surface area contributed by atoms with E-state index in [2.05, 4.69) is 15.1 Å². The molecule has 0 radical (unpaired) electrons. The number of nitrogens with zero attached hydrogens (tertiary/aromatic N) is 6. The Morgan fingerprint density at radius 3 is 2.35 bits per heavy atom. The van der Waals surface area contributed by atoms with Crippen LogP contribution in [0.2, 0.25) is 0 Å². The molecule has 1 aromatic heterocycles. The first-order valence-electron chi connectivity index (χ1n) is 7.20. The summed E-state index contributed by atoms with van der Waals surface area (Å²) in [6.45, 7) is 4.17. The number of nitro benzene ring substituents is 1. The number of benzene rings is 1. The minimum atomic E-state index is -0.425. The molecule has 0 spiro atoms. The Bertz CT molecular complexity index is 722. The van der Waals surface area contributed by atoms with E-state index in [-0.39, 0.29) is 11.6 Å². The first kappa shape index (κ1) is 14.9. The summed E-state index contributed by atoms with van der Waals surface area (Å²) in [7, 11) is 0. The molecule has 2 heterocycles. The molecular formula is C14H16N6O3. The highest BCUT2D eigenvalue weighted by Crippen LogP contribution is 2.29. The Morgan fingerprint density at radius 1 is 1.13 bits per heavy atom. The van der Waals surface area contributed by atoms with E-state index in [1.165, 1.54) is 24.8 Å². The molecule has 2 aromatic rings. The van der Waals surface area contributed by atoms with Crippen molar-refractivity contribution >= 4 is 17.3 Å². The van der Waals surface area contributed by atoms with Crippen LogP contribution < -0.4 is 4.90 Å². The third kappa shape index (κ3) is 2.98. The third-order valence-corrected chi connectivity index (χ3v) is 3.93. The van der Waals surface area contributed by atoms with Gasteiger partial charge >= 0.3 is 0 Å². The Labute approximate surface area is 132 Å². The molecule has 0 aliphatic carbocycles. The number of rotatable bonds is 3. The van der Waals surface area contributed by atoms with Crippen molar-refractivity contribution in [2.45, 2.75) is 6.92 Å². The molecule has 9 heteroatoms. The number of carbonyl (C=O) groups is 1. The molecule has 1 aromatic carbocycles. The highest BCUT2D eigenvalue weighted by molar-refractivity contribution is 5.74. The second-order valence-electron chi connectivity index (χ2n) is 5.29. The lowest BCUT2D eigenvalue weighted by Gasteiger charge is -2.36. The van der Waals surface area contributed by atoms with E-state index in [1.807, 2.05) is 0 Å². The van der Waals surface area contributed by atoms with Crippen molar-refractivity contribution in [2.75, 3.05) is 31.1 Å². The molecule has 0 saturated carbocycles. The van der Waals surface area contributed by atoms with Gasteiger partial charge in [-0.05, 0) is 6.07 Å². The van der Waals surface area contributed by atoms with Crippen LogP contribution in [0.25, 0.3) is 5.69 Å². The Morgan fingerprint density at radius 2 is 1.78 bits per heavy atom. The van der Waals surface area contributed by atoms with Crippen LogP contribution in [0.5, 0.6) is 0 Å². The van der Waals surface area contributed by atoms with Crippen molar-refractivity contribution in [1.29, 1.82) is 0 Å². The second-order valence-corrected chi connectivity index (χ2v) is 5.29. The summed E-state index contributed by atoms with van der Waals surface area (Å²) in [6, 6.07) is 4.73. The van der Waals surface area contributed by atoms with Crippen LogP contribution in [0.4, 0.5) is 11.4 Å². The molecule has 0 N–H and O–H groups in total. The molecule has 1 fully saturated rings. The van der Waals surface area contributed by atoms with E-state index >= 15 is 0 Å². The predicted octanol–water partition coefficient (Wildman–Crippen LogP) is 0.844. The van der Waals surface area contributed by atoms with Crippen LogP contribution in [0, 0.1) is 10.1 Å². The number of anilines is 1. The molecule has 120 valence electrons. The van der Waals surface area contributed by atoms with Crippen LogP contribution in [-0.2, 0) is 4.79 Å². The van der Waals surface area contributed by atoms with Gasteiger partial charge in [-0.25, -0.2) is 0 Å². The summed E-state index contributed by atoms with van der Waals surface area (Å²) in [5.74, 6) is 0.0624. The zero-order chi connectivity index (χ0) is 16.4. The molecule has 3 rings (SSSR count). The van der Waals surface area contributed by atoms with Crippen molar-refractivity contribution in [2.24, 2.45) is 0 Å². The maximum Gasteiger partial charge on any atom is 0.271 e. The SMILES string of the molecule is CC(=O)N1CCN(c2ccc([N+](=O)[O-])cc2-n2cnnc2)CC1. The fraction of sp³-hybridized carbons (Fsp3) is 0.357. The van der Waals surface area contributed by atoms with Crippen LogP contribution in [-0.4, -0.2) is 56.7 Å². The molecule has 23 heavy (non-hydrogen) atoms. The number of non-ortho nitro benzene ring substituents is 1. The van der Waals surface area contributed by atoms with Gasteiger partial charge in [-0.2, -0.15) is 0 Å². The highest BCUT2D eigenvalue weighted by atomic mass is 16.6. The number of hydrogen-bond donors (Lipinski definition) is 0. The summed E-state index contributed by atoms with van der Waals surface area (Å²) < 4.78 is 1.65. The molecule has 1 amide bonds. The fourth-order valence-corrected chi connectivity index (χ4v) is 2.69. The van der Waals surface area contributed by atoms with Gasteiger partial charge in [-0.1, -0.05) is 0 Å². The maximum absolute atomic E-state index is 11.4. The predicted molar refractivity (Wildman–Crippen MR) is 82.5 cm³/mol. The Balaban J connectivity index is 1.93. The first-order chi connectivity index (χ1) is 11.1. The zero-order valence-corrected chi connectivity index (χ0v) is 12.6. The van der Waals surface area contributed by atoms with Crippen molar-refractivity contribution in [3.8, 4) is 5.69 Å². The maximum atomic E-state index is 11.4. The van der Waals surface area contributed by atoms with E-state index in [1.54, 1.807) is 22.5 Å². The van der Waals surface area contributed by atoms with Crippen LogP contribution in [0.1, 0.15) is 6.92 Å². The van der Waals surface area contributed by atoms with E-state index in [9.17, 15) is 14.9 Å². The third-order valence-electron chi connectivity index (χ3n) is 3.93. The largest absolute Gasteiger partial charge is 0.366 e. The van der Waals surface area contributed by atoms with Gasteiger partial charge in [0.15, 0.2) is 0 Å². The normalized spacial score (nSPS) is 14.8. The average Bonchev–Trinajstić information content (AvgIpc) is 3.08. The number of aromatic nitrogens is 3. The number of hydrogen-bond acceptors (Lipinski definition) is 6. The molecule has 0 unspecified atom stereocenters. The first-order valence-corrected chi connectivity index (χ1v) is 7.20. The molecule has 1 aliphatic heterocycles. The molecule has 1 saturated heterocycles. The van der Waals surface area contributed by atoms with Gasteiger partial charge in [0.25, 0.3) is 5.69 Å². The van der Waals surface area contributed by atoms with Gasteiger partial charge < -0.3 is 9.80 Å². The molecule has 1 aliphatic rings. The van der Waals surface area contributed by atoms with E-state index < -0.39 is 4.92 Å². The topological polar surface area (TPSA) is 97.4 Å². The van der Waals surface area contributed by atoms with E-state index in [0.29, 0.717) is 31.9 Å². The molecular weight excluding hydrogens is 300 g/mol. The smallest absolute Gasteiger partial charge is 0.271 e. The summed E-state index contributed by atoms with van der Waals surface area (Å²) in [4.78, 5) is 25.9. The average molecular weight is 316 g/mol. The molecule has 0 bridgehead atoms. The van der Waals surface area contributed by atoms with Crippen molar-refractivity contribution < 1.29 is 9.72 Å². The number of amides is 1. The minimum Gasteiger partial charge on any atom is -0.366 e. The summed E-state index contributed by atoms with van der Waals surface area (Å²) in [5.41, 5.74) is 1.53. The summed E-state index contributed by atoms with van der Waals surface area (Å²) >= 11 is 0. The van der Waals surface area contributed by atoms with Gasteiger partial charge in [0.05, 0.1) is 16.3 Å². The van der Waals surface area contributed by atoms with Crippen LogP contribution in [0.3, 0.4) is 0 Å². The minimum absolute atomic E-state index is 0.0137. The number of nitro groups is 1. The fourth-order valence-electron chi connectivity index (χ4n) is 2.69. The summed E-state index contributed by atoms with van der Waals surface area (Å²) in [5, 5.41) is 18.6. The van der Waals surface area contributed by atoms with E-state index in [0.717, 1.165) is 5.69 Å². The quantitative estimate of drug-likeness (QED) is 0.615.